The van der Waals surface area contributed by atoms with Crippen LogP contribution in [-0.2, 0) is 28.4 Å². The van der Waals surface area contributed by atoms with Crippen LogP contribution in [0, 0.1) is 5.95 Å². The lowest BCUT2D eigenvalue weighted by molar-refractivity contribution is 0.0103. The number of anilines is 1. The van der Waals surface area contributed by atoms with E-state index in [0.717, 1.165) is 11.6 Å². The van der Waals surface area contributed by atoms with Gasteiger partial charge in [0.1, 0.15) is 13.2 Å². The molecule has 2 heterocycles. The molecule has 0 unspecified atom stereocenters. The number of aromatic nitrogens is 2. The molecule has 0 radical (unpaired) electrons. The van der Waals surface area contributed by atoms with E-state index in [0.29, 0.717) is 99.0 Å². The minimum absolute atomic E-state index is 0.111. The number of halogens is 1. The summed E-state index contributed by atoms with van der Waals surface area (Å²) >= 11 is 0. The Kier molecular flexibility index (Phi) is 32.4. The Bertz CT molecular complexity index is 1140. The molecule has 0 saturated carbocycles. The zero-order valence-electron chi connectivity index (χ0n) is 29.2. The molecule has 0 aliphatic carbocycles. The number of rotatable bonds is 27. The molecule has 0 saturated heterocycles. The largest absolute Gasteiger partial charge is 0.487 e. The summed E-state index contributed by atoms with van der Waals surface area (Å²) in [5.41, 5.74) is 16.1. The Morgan fingerprint density at radius 3 is 1.39 bits per heavy atom. The van der Waals surface area contributed by atoms with Crippen molar-refractivity contribution < 1.29 is 42.3 Å². The van der Waals surface area contributed by atoms with Crippen LogP contribution >= 0.6 is 0 Å². The van der Waals surface area contributed by atoms with Crippen molar-refractivity contribution in [1.82, 2.24) is 9.97 Å². The van der Waals surface area contributed by atoms with Gasteiger partial charge < -0.3 is 42.8 Å². The zero-order valence-corrected chi connectivity index (χ0v) is 29.2. The molecule has 18 heteroatoms. The molecule has 0 aliphatic rings. The summed E-state index contributed by atoms with van der Waals surface area (Å²) in [6, 6.07) is 6.83. The lowest BCUT2D eigenvalue weighted by Gasteiger charge is -2.16. The van der Waals surface area contributed by atoms with Gasteiger partial charge in [-0.1, -0.05) is 30.5 Å². The van der Waals surface area contributed by atoms with Crippen molar-refractivity contribution in [3.8, 4) is 11.5 Å². The Hall–Kier alpha value is -3.99. The average molecular weight is 698 g/mol. The van der Waals surface area contributed by atoms with Gasteiger partial charge in [0.15, 0.2) is 17.3 Å². The van der Waals surface area contributed by atoms with E-state index in [2.05, 4.69) is 43.9 Å². The molecule has 0 atom stereocenters. The fourth-order valence-electron chi connectivity index (χ4n) is 3.11. The molecule has 2 aromatic rings. The maximum Gasteiger partial charge on any atom is 0.255 e. The fourth-order valence-corrected chi connectivity index (χ4v) is 3.11. The first-order valence-corrected chi connectivity index (χ1v) is 16.0. The maximum absolute atomic E-state index is 13.1. The number of azide groups is 2. The third kappa shape index (κ3) is 28.7. The standard InChI is InChI=1S/C15H25N5O4.C13H19FN4O4.C3H8/c1-20(2)15-14(4-3-5-17-15)24-13-12-23-11-10-22-9-8-21-7-6-18-19-16;14-13-12(2-1-3-16-13)22-11-10-21-9-8-20-7-6-19-5-4-17-18-15;1-3-2/h3-5H,6-13H2,1-2H3;1-3H,4-11H2;3H2,1-2H3. The summed E-state index contributed by atoms with van der Waals surface area (Å²) in [7, 11) is 3.84. The second-order valence-electron chi connectivity index (χ2n) is 9.50. The Balaban J connectivity index is 0.000000873. The van der Waals surface area contributed by atoms with Crippen LogP contribution < -0.4 is 14.4 Å². The monoisotopic (exact) mass is 697 g/mol. The Morgan fingerprint density at radius 2 is 0.980 bits per heavy atom. The van der Waals surface area contributed by atoms with Gasteiger partial charge in [0.05, 0.1) is 79.3 Å². The van der Waals surface area contributed by atoms with E-state index in [1.54, 1.807) is 12.3 Å². The van der Waals surface area contributed by atoms with Crippen LogP contribution in [0.25, 0.3) is 20.9 Å². The van der Waals surface area contributed by atoms with Gasteiger partial charge in [0.25, 0.3) is 5.95 Å². The van der Waals surface area contributed by atoms with E-state index in [4.69, 9.17) is 49.0 Å². The molecule has 0 spiro atoms. The smallest absolute Gasteiger partial charge is 0.255 e. The molecule has 2 rings (SSSR count). The Labute approximate surface area is 288 Å². The number of ether oxygens (including phenoxy) is 8. The van der Waals surface area contributed by atoms with E-state index in [-0.39, 0.29) is 12.4 Å². The average Bonchev–Trinajstić information content (AvgIpc) is 3.10. The van der Waals surface area contributed by atoms with E-state index in [1.807, 2.05) is 31.1 Å². The second kappa shape index (κ2) is 35.3. The summed E-state index contributed by atoms with van der Waals surface area (Å²) in [6.45, 7) is 10.9. The van der Waals surface area contributed by atoms with Crippen LogP contribution in [0.2, 0.25) is 0 Å². The van der Waals surface area contributed by atoms with Crippen molar-refractivity contribution in [2.75, 3.05) is 125 Å². The minimum atomic E-state index is -0.633. The highest BCUT2D eigenvalue weighted by Gasteiger charge is 2.06. The van der Waals surface area contributed by atoms with E-state index in [1.165, 1.54) is 18.7 Å². The van der Waals surface area contributed by atoms with Crippen molar-refractivity contribution in [1.29, 1.82) is 0 Å². The normalized spacial score (nSPS) is 9.98. The molecule has 0 aliphatic heterocycles. The van der Waals surface area contributed by atoms with Gasteiger partial charge >= 0.3 is 0 Å². The van der Waals surface area contributed by atoms with Crippen molar-refractivity contribution >= 4 is 5.82 Å². The molecule has 0 amide bonds. The highest BCUT2D eigenvalue weighted by atomic mass is 19.1. The van der Waals surface area contributed by atoms with Crippen molar-refractivity contribution in [2.24, 2.45) is 10.2 Å². The van der Waals surface area contributed by atoms with Crippen LogP contribution in [0.4, 0.5) is 10.2 Å². The topological polar surface area (TPSA) is 200 Å². The lowest BCUT2D eigenvalue weighted by Crippen LogP contribution is -2.15. The number of hydrogen-bond acceptors (Lipinski definition) is 13. The van der Waals surface area contributed by atoms with Gasteiger partial charge in [-0.25, -0.2) is 9.97 Å². The first kappa shape index (κ1) is 45.0. The van der Waals surface area contributed by atoms with Gasteiger partial charge in [0.2, 0.25) is 0 Å². The summed E-state index contributed by atoms with van der Waals surface area (Å²) in [4.78, 5) is 14.9. The van der Waals surface area contributed by atoms with E-state index in [9.17, 15) is 4.39 Å². The van der Waals surface area contributed by atoms with Crippen LogP contribution in [0.1, 0.15) is 20.3 Å². The molecule has 17 nitrogen and oxygen atoms in total. The zero-order chi connectivity index (χ0) is 36.0. The van der Waals surface area contributed by atoms with E-state index >= 15 is 0 Å². The third-order valence-electron chi connectivity index (χ3n) is 5.16. The SMILES string of the molecule is CCC.CN(C)c1ncccc1OCCOCCOCCOCCN=[N+]=[N-].[N-]=[N+]=NCCOCCOCCOCCOc1cccnc1F. The van der Waals surface area contributed by atoms with Crippen LogP contribution in [-0.4, -0.2) is 130 Å². The third-order valence-corrected chi connectivity index (χ3v) is 5.16. The molecular weight excluding hydrogens is 645 g/mol. The van der Waals surface area contributed by atoms with Crippen LogP contribution in [0.5, 0.6) is 11.5 Å². The van der Waals surface area contributed by atoms with E-state index < -0.39 is 5.95 Å². The highest BCUT2D eigenvalue weighted by Crippen LogP contribution is 2.22. The van der Waals surface area contributed by atoms with Crippen molar-refractivity contribution in [3.63, 3.8) is 0 Å². The first-order chi connectivity index (χ1) is 24.0. The molecule has 0 bridgehead atoms. The van der Waals surface area contributed by atoms with Gasteiger partial charge in [-0.15, -0.1) is 0 Å². The molecule has 2 aromatic heterocycles. The van der Waals surface area contributed by atoms with Crippen LogP contribution in [0.3, 0.4) is 0 Å². The summed E-state index contributed by atoms with van der Waals surface area (Å²) < 4.78 is 55.6. The number of nitrogens with zero attached hydrogens (tertiary/aromatic N) is 9. The Morgan fingerprint density at radius 1 is 0.612 bits per heavy atom. The van der Waals surface area contributed by atoms with Gasteiger partial charge in [-0.2, -0.15) is 4.39 Å². The molecule has 0 N–H and O–H groups in total. The molecule has 49 heavy (non-hydrogen) atoms. The fraction of sp³-hybridized carbons (Fsp3) is 0.677. The second-order valence-corrected chi connectivity index (χ2v) is 9.50. The van der Waals surface area contributed by atoms with Gasteiger partial charge in [0, 0.05) is 49.4 Å². The molecule has 276 valence electrons. The quantitative estimate of drug-likeness (QED) is 0.0387. The van der Waals surface area contributed by atoms with Gasteiger partial charge in [-0.05, 0) is 35.3 Å². The van der Waals surface area contributed by atoms with Gasteiger partial charge in [-0.3, -0.25) is 0 Å². The number of hydrogen-bond donors (Lipinski definition) is 0. The molecule has 0 fully saturated rings. The predicted octanol–water partition coefficient (Wildman–Crippen LogP) is 5.26. The minimum Gasteiger partial charge on any atom is -0.487 e. The lowest BCUT2D eigenvalue weighted by atomic mass is 10.4. The van der Waals surface area contributed by atoms with Crippen molar-refractivity contribution in [2.45, 2.75) is 20.3 Å². The molecular formula is C31H52FN9O8. The summed E-state index contributed by atoms with van der Waals surface area (Å²) in [5, 5.41) is 6.69. The molecule has 0 aromatic carbocycles. The summed E-state index contributed by atoms with van der Waals surface area (Å²) in [5.74, 6) is 1.01. The van der Waals surface area contributed by atoms with Crippen LogP contribution in [0.15, 0.2) is 46.9 Å². The number of pyridine rings is 2. The summed E-state index contributed by atoms with van der Waals surface area (Å²) in [6.07, 6.45) is 4.34. The maximum atomic E-state index is 13.1. The highest BCUT2D eigenvalue weighted by molar-refractivity contribution is 5.50. The predicted molar refractivity (Wildman–Crippen MR) is 183 cm³/mol. The first-order valence-electron chi connectivity index (χ1n) is 16.0. The van der Waals surface area contributed by atoms with Crippen molar-refractivity contribution in [3.05, 3.63) is 63.5 Å².